The molecule has 10 heteroatoms. The van der Waals surface area contributed by atoms with E-state index in [1.807, 2.05) is 6.92 Å². The third-order valence-corrected chi connectivity index (χ3v) is 5.08. The SMILES string of the molecule is Cc1cnc(NC2CCOC2)nc1-n1cnc(C(=O)NCc2cc(Cl)cc(Cl)c2)c1. The highest BCUT2D eigenvalue weighted by atomic mass is 35.5. The van der Waals surface area contributed by atoms with Crippen LogP contribution in [0.2, 0.25) is 10.0 Å². The molecule has 3 heterocycles. The second kappa shape index (κ2) is 8.99. The minimum atomic E-state index is -0.307. The molecule has 0 saturated carbocycles. The number of benzene rings is 1. The summed E-state index contributed by atoms with van der Waals surface area (Å²) < 4.78 is 7.08. The molecule has 1 aliphatic rings. The van der Waals surface area contributed by atoms with Crippen LogP contribution in [0, 0.1) is 6.92 Å². The summed E-state index contributed by atoms with van der Waals surface area (Å²) in [6, 6.07) is 5.34. The normalized spacial score (nSPS) is 15.9. The largest absolute Gasteiger partial charge is 0.379 e. The first-order valence-electron chi connectivity index (χ1n) is 9.43. The van der Waals surface area contributed by atoms with Crippen molar-refractivity contribution in [2.24, 2.45) is 0 Å². The predicted octanol–water partition coefficient (Wildman–Crippen LogP) is 3.41. The van der Waals surface area contributed by atoms with E-state index in [9.17, 15) is 4.79 Å². The van der Waals surface area contributed by atoms with Crippen molar-refractivity contribution in [1.29, 1.82) is 0 Å². The lowest BCUT2D eigenvalue weighted by Gasteiger charge is -2.12. The molecule has 1 amide bonds. The van der Waals surface area contributed by atoms with Gasteiger partial charge in [-0.15, -0.1) is 0 Å². The molecule has 1 fully saturated rings. The number of amides is 1. The van der Waals surface area contributed by atoms with Gasteiger partial charge < -0.3 is 15.4 Å². The van der Waals surface area contributed by atoms with E-state index in [0.717, 1.165) is 24.2 Å². The molecule has 0 aliphatic carbocycles. The molecular formula is C20H20Cl2N6O2. The number of carbonyl (C=O) groups is 1. The van der Waals surface area contributed by atoms with Crippen LogP contribution in [0.3, 0.4) is 0 Å². The average Bonchev–Trinajstić information content (AvgIpc) is 3.39. The lowest BCUT2D eigenvalue weighted by atomic mass is 10.2. The highest BCUT2D eigenvalue weighted by molar-refractivity contribution is 6.34. The molecule has 2 N–H and O–H groups in total. The van der Waals surface area contributed by atoms with Crippen LogP contribution in [0.5, 0.6) is 0 Å². The van der Waals surface area contributed by atoms with Crippen molar-refractivity contribution in [2.45, 2.75) is 25.9 Å². The van der Waals surface area contributed by atoms with Crippen LogP contribution in [0.4, 0.5) is 5.95 Å². The number of nitrogens with zero attached hydrogens (tertiary/aromatic N) is 4. The van der Waals surface area contributed by atoms with Gasteiger partial charge in [0.25, 0.3) is 5.91 Å². The Balaban J connectivity index is 1.45. The first kappa shape index (κ1) is 20.6. The maximum absolute atomic E-state index is 12.5. The van der Waals surface area contributed by atoms with E-state index in [1.165, 1.54) is 0 Å². The minimum Gasteiger partial charge on any atom is -0.379 e. The van der Waals surface area contributed by atoms with Gasteiger partial charge in [-0.25, -0.2) is 9.97 Å². The Labute approximate surface area is 183 Å². The van der Waals surface area contributed by atoms with Crippen molar-refractivity contribution in [3.63, 3.8) is 0 Å². The smallest absolute Gasteiger partial charge is 0.271 e. The zero-order valence-electron chi connectivity index (χ0n) is 16.2. The van der Waals surface area contributed by atoms with Crippen molar-refractivity contribution in [2.75, 3.05) is 18.5 Å². The molecule has 1 aliphatic heterocycles. The maximum atomic E-state index is 12.5. The summed E-state index contributed by atoms with van der Waals surface area (Å²) in [7, 11) is 0. The summed E-state index contributed by atoms with van der Waals surface area (Å²) in [5.41, 5.74) is 1.94. The fourth-order valence-electron chi connectivity index (χ4n) is 3.14. The summed E-state index contributed by atoms with van der Waals surface area (Å²) in [5.74, 6) is 0.862. The molecule has 0 bridgehead atoms. The Morgan fingerprint density at radius 1 is 1.27 bits per heavy atom. The number of hydrogen-bond donors (Lipinski definition) is 2. The van der Waals surface area contributed by atoms with Crippen molar-refractivity contribution in [3.8, 4) is 5.82 Å². The van der Waals surface area contributed by atoms with Gasteiger partial charge in [-0.05, 0) is 37.1 Å². The van der Waals surface area contributed by atoms with Gasteiger partial charge in [0.1, 0.15) is 17.8 Å². The summed E-state index contributed by atoms with van der Waals surface area (Å²) >= 11 is 12.0. The molecule has 30 heavy (non-hydrogen) atoms. The van der Waals surface area contributed by atoms with Crippen LogP contribution in [-0.2, 0) is 11.3 Å². The summed E-state index contributed by atoms with van der Waals surface area (Å²) in [5, 5.41) is 7.13. The molecule has 2 aromatic heterocycles. The fourth-order valence-corrected chi connectivity index (χ4v) is 3.71. The van der Waals surface area contributed by atoms with E-state index in [1.54, 1.807) is 41.5 Å². The predicted molar refractivity (Wildman–Crippen MR) is 114 cm³/mol. The highest BCUT2D eigenvalue weighted by Crippen LogP contribution is 2.19. The molecule has 3 aromatic rings. The third kappa shape index (κ3) is 4.89. The fraction of sp³-hybridized carbons (Fsp3) is 0.300. The Hall–Kier alpha value is -2.68. The number of aromatic nitrogens is 4. The molecule has 1 atom stereocenters. The molecule has 1 unspecified atom stereocenters. The zero-order valence-corrected chi connectivity index (χ0v) is 17.7. The number of nitrogens with one attached hydrogen (secondary N) is 2. The van der Waals surface area contributed by atoms with E-state index < -0.39 is 0 Å². The lowest BCUT2D eigenvalue weighted by molar-refractivity contribution is 0.0946. The first-order chi connectivity index (χ1) is 14.5. The Morgan fingerprint density at radius 2 is 2.07 bits per heavy atom. The second-order valence-electron chi connectivity index (χ2n) is 7.03. The van der Waals surface area contributed by atoms with Crippen molar-refractivity contribution in [1.82, 2.24) is 24.8 Å². The third-order valence-electron chi connectivity index (χ3n) is 4.64. The van der Waals surface area contributed by atoms with Crippen LogP contribution in [0.15, 0.2) is 36.9 Å². The van der Waals surface area contributed by atoms with E-state index in [-0.39, 0.29) is 24.2 Å². The van der Waals surface area contributed by atoms with Crippen LogP contribution >= 0.6 is 23.2 Å². The molecule has 1 saturated heterocycles. The topological polar surface area (TPSA) is 94.0 Å². The minimum absolute atomic E-state index is 0.199. The van der Waals surface area contributed by atoms with E-state index in [0.29, 0.717) is 28.4 Å². The van der Waals surface area contributed by atoms with Crippen LogP contribution in [0.1, 0.15) is 28.0 Å². The number of halogens is 2. The van der Waals surface area contributed by atoms with Crippen molar-refractivity contribution < 1.29 is 9.53 Å². The van der Waals surface area contributed by atoms with Crippen molar-refractivity contribution >= 4 is 35.1 Å². The van der Waals surface area contributed by atoms with Gasteiger partial charge >= 0.3 is 0 Å². The summed E-state index contributed by atoms with van der Waals surface area (Å²) in [6.45, 7) is 3.56. The number of aryl methyl sites for hydroxylation is 1. The maximum Gasteiger partial charge on any atom is 0.271 e. The molecule has 0 radical (unpaired) electrons. The molecule has 4 rings (SSSR count). The van der Waals surface area contributed by atoms with E-state index >= 15 is 0 Å². The van der Waals surface area contributed by atoms with Crippen LogP contribution in [-0.4, -0.2) is 44.7 Å². The van der Waals surface area contributed by atoms with Gasteiger partial charge in [0.05, 0.1) is 12.6 Å². The Kier molecular flexibility index (Phi) is 6.17. The molecule has 0 spiro atoms. The number of anilines is 1. The Morgan fingerprint density at radius 3 is 2.80 bits per heavy atom. The first-order valence-corrected chi connectivity index (χ1v) is 10.2. The second-order valence-corrected chi connectivity index (χ2v) is 7.90. The number of carbonyl (C=O) groups excluding carboxylic acids is 1. The van der Waals surface area contributed by atoms with Crippen LogP contribution in [0.25, 0.3) is 5.82 Å². The highest BCUT2D eigenvalue weighted by Gasteiger charge is 2.17. The number of rotatable bonds is 6. The van der Waals surface area contributed by atoms with Crippen LogP contribution < -0.4 is 10.6 Å². The number of hydrogen-bond acceptors (Lipinski definition) is 6. The average molecular weight is 447 g/mol. The van der Waals surface area contributed by atoms with E-state index in [4.69, 9.17) is 27.9 Å². The standard InChI is InChI=1S/C20H20Cl2N6O2/c1-12-7-24-20(26-16-2-3-30-10-16)27-18(12)28-9-17(25-11-28)19(29)23-8-13-4-14(21)6-15(22)5-13/h4-7,9,11,16H,2-3,8,10H2,1H3,(H,23,29)(H,24,26,27). The van der Waals surface area contributed by atoms with Gasteiger partial charge in [0.2, 0.25) is 5.95 Å². The molecule has 1 aromatic carbocycles. The van der Waals surface area contributed by atoms with Gasteiger partial charge in [-0.3, -0.25) is 9.36 Å². The van der Waals surface area contributed by atoms with Gasteiger partial charge in [0, 0.05) is 41.2 Å². The zero-order chi connectivity index (χ0) is 21.1. The van der Waals surface area contributed by atoms with Crippen molar-refractivity contribution in [3.05, 3.63) is 63.8 Å². The van der Waals surface area contributed by atoms with Gasteiger partial charge in [-0.2, -0.15) is 4.98 Å². The molecule has 8 nitrogen and oxygen atoms in total. The Bertz CT molecular complexity index is 1040. The van der Waals surface area contributed by atoms with Gasteiger partial charge in [-0.1, -0.05) is 23.2 Å². The summed E-state index contributed by atoms with van der Waals surface area (Å²) in [4.78, 5) is 25.6. The quantitative estimate of drug-likeness (QED) is 0.602. The number of imidazole rings is 1. The van der Waals surface area contributed by atoms with Gasteiger partial charge in [0.15, 0.2) is 0 Å². The number of ether oxygens (including phenoxy) is 1. The van der Waals surface area contributed by atoms with E-state index in [2.05, 4.69) is 25.6 Å². The monoisotopic (exact) mass is 446 g/mol. The molecular weight excluding hydrogens is 427 g/mol. The molecule has 156 valence electrons. The lowest BCUT2D eigenvalue weighted by Crippen LogP contribution is -2.23. The summed E-state index contributed by atoms with van der Waals surface area (Å²) in [6.07, 6.45) is 5.85.